The van der Waals surface area contributed by atoms with Gasteiger partial charge in [-0.1, -0.05) is 31.4 Å². The molecule has 0 bridgehead atoms. The van der Waals surface area contributed by atoms with Crippen LogP contribution in [-0.4, -0.2) is 6.04 Å². The van der Waals surface area contributed by atoms with Crippen LogP contribution in [0.15, 0.2) is 37.0 Å². The first-order valence-electron chi connectivity index (χ1n) is 2.93. The fourth-order valence-electron chi connectivity index (χ4n) is 0.542. The predicted octanol–water partition coefficient (Wildman–Crippen LogP) is 1.63. The lowest BCUT2D eigenvalue weighted by molar-refractivity contribution is 0.886. The number of nitrogens with two attached hydrogens (primary N) is 1. The first-order valence-corrected chi connectivity index (χ1v) is 2.93. The summed E-state index contributed by atoms with van der Waals surface area (Å²) in [7, 11) is 0. The minimum Gasteiger partial charge on any atom is -0.324 e. The summed E-state index contributed by atoms with van der Waals surface area (Å²) in [5, 5.41) is 0. The maximum Gasteiger partial charge on any atom is 0.0265 e. The van der Waals surface area contributed by atoms with Crippen LogP contribution < -0.4 is 5.73 Å². The van der Waals surface area contributed by atoms with Gasteiger partial charge in [0.15, 0.2) is 0 Å². The van der Waals surface area contributed by atoms with E-state index in [0.717, 1.165) is 5.57 Å². The largest absolute Gasteiger partial charge is 0.324 e. The van der Waals surface area contributed by atoms with Crippen LogP contribution in [-0.2, 0) is 0 Å². The van der Waals surface area contributed by atoms with Crippen LogP contribution >= 0.6 is 0 Å². The topological polar surface area (TPSA) is 26.0 Å². The van der Waals surface area contributed by atoms with Gasteiger partial charge >= 0.3 is 0 Å². The fourth-order valence-corrected chi connectivity index (χ4v) is 0.542. The fraction of sp³-hybridized carbons (Fsp3) is 0.250. The van der Waals surface area contributed by atoms with Gasteiger partial charge in [-0.15, -0.1) is 0 Å². The zero-order valence-corrected chi connectivity index (χ0v) is 5.80. The lowest BCUT2D eigenvalue weighted by Crippen LogP contribution is -2.16. The Labute approximate surface area is 56.6 Å². The Morgan fingerprint density at radius 1 is 1.56 bits per heavy atom. The number of hydrogen-bond acceptors (Lipinski definition) is 1. The summed E-state index contributed by atoms with van der Waals surface area (Å²) in [5.74, 6) is 0. The molecule has 0 amide bonds. The van der Waals surface area contributed by atoms with Crippen LogP contribution in [0.3, 0.4) is 0 Å². The Kier molecular flexibility index (Phi) is 3.72. The van der Waals surface area contributed by atoms with Crippen molar-refractivity contribution < 1.29 is 0 Å². The molecule has 0 saturated heterocycles. The smallest absolute Gasteiger partial charge is 0.0265 e. The van der Waals surface area contributed by atoms with Crippen LogP contribution in [0.4, 0.5) is 0 Å². The summed E-state index contributed by atoms with van der Waals surface area (Å²) < 4.78 is 0. The van der Waals surface area contributed by atoms with Crippen molar-refractivity contribution in [2.45, 2.75) is 13.0 Å². The molecule has 0 aromatic heterocycles. The minimum atomic E-state index is 0.0560. The van der Waals surface area contributed by atoms with Crippen LogP contribution in [0.25, 0.3) is 0 Å². The first kappa shape index (κ1) is 8.18. The van der Waals surface area contributed by atoms with Crippen molar-refractivity contribution in [3.63, 3.8) is 0 Å². The molecule has 2 N–H and O–H groups in total. The van der Waals surface area contributed by atoms with Crippen LogP contribution in [0.5, 0.6) is 0 Å². The summed E-state index contributed by atoms with van der Waals surface area (Å²) in [6.07, 6.45) is 5.31. The number of rotatable bonds is 3. The van der Waals surface area contributed by atoms with Gasteiger partial charge in [-0.25, -0.2) is 0 Å². The minimum absolute atomic E-state index is 0.0560. The Balaban J connectivity index is 4.13. The summed E-state index contributed by atoms with van der Waals surface area (Å²) in [5.41, 5.74) is 6.56. The molecule has 0 aromatic carbocycles. The van der Waals surface area contributed by atoms with Gasteiger partial charge in [0.05, 0.1) is 0 Å². The van der Waals surface area contributed by atoms with Crippen LogP contribution in [0.1, 0.15) is 6.92 Å². The highest BCUT2D eigenvalue weighted by Crippen LogP contribution is 1.99. The van der Waals surface area contributed by atoms with Gasteiger partial charge in [0.1, 0.15) is 0 Å². The molecule has 0 heterocycles. The SMILES string of the molecule is C=C/C=C(\C=C)C(C)N. The normalized spacial score (nSPS) is 14.7. The van der Waals surface area contributed by atoms with Crippen molar-refractivity contribution in [2.24, 2.45) is 5.73 Å². The van der Waals surface area contributed by atoms with E-state index in [2.05, 4.69) is 13.2 Å². The number of hydrogen-bond donors (Lipinski definition) is 1. The van der Waals surface area contributed by atoms with Crippen molar-refractivity contribution in [1.29, 1.82) is 0 Å². The summed E-state index contributed by atoms with van der Waals surface area (Å²) >= 11 is 0. The van der Waals surface area contributed by atoms with E-state index in [1.807, 2.05) is 13.0 Å². The quantitative estimate of drug-likeness (QED) is 0.567. The maximum absolute atomic E-state index is 5.55. The van der Waals surface area contributed by atoms with E-state index in [1.54, 1.807) is 12.2 Å². The van der Waals surface area contributed by atoms with Crippen molar-refractivity contribution in [1.82, 2.24) is 0 Å². The van der Waals surface area contributed by atoms with E-state index in [0.29, 0.717) is 0 Å². The Hall–Kier alpha value is -0.820. The third-order valence-electron chi connectivity index (χ3n) is 1.07. The standard InChI is InChI=1S/C8H13N/c1-4-6-8(5-2)7(3)9/h4-7H,1-2,9H2,3H3/b8-6+. The summed E-state index contributed by atoms with van der Waals surface area (Å²) in [6, 6.07) is 0.0560. The van der Waals surface area contributed by atoms with Gasteiger partial charge in [-0.2, -0.15) is 0 Å². The third-order valence-corrected chi connectivity index (χ3v) is 1.07. The molecule has 0 aliphatic carbocycles. The van der Waals surface area contributed by atoms with Gasteiger partial charge in [-0.3, -0.25) is 0 Å². The van der Waals surface area contributed by atoms with Crippen molar-refractivity contribution >= 4 is 0 Å². The monoisotopic (exact) mass is 123 g/mol. The molecule has 0 aromatic rings. The molecule has 0 aliphatic rings. The molecule has 1 nitrogen and oxygen atoms in total. The molecule has 1 unspecified atom stereocenters. The highest BCUT2D eigenvalue weighted by atomic mass is 14.6. The summed E-state index contributed by atoms with van der Waals surface area (Å²) in [4.78, 5) is 0. The molecule has 0 aliphatic heterocycles. The molecule has 0 radical (unpaired) electrons. The van der Waals surface area contributed by atoms with Gasteiger partial charge in [0.2, 0.25) is 0 Å². The van der Waals surface area contributed by atoms with Crippen molar-refractivity contribution in [3.05, 3.63) is 37.0 Å². The molecule has 1 atom stereocenters. The third kappa shape index (κ3) is 2.88. The molecular formula is C8H13N. The first-order chi connectivity index (χ1) is 4.22. The summed E-state index contributed by atoms with van der Waals surface area (Å²) in [6.45, 7) is 9.07. The molecular weight excluding hydrogens is 110 g/mol. The van der Waals surface area contributed by atoms with Crippen LogP contribution in [0.2, 0.25) is 0 Å². The Bertz CT molecular complexity index is 132. The second kappa shape index (κ2) is 4.10. The second-order valence-corrected chi connectivity index (χ2v) is 1.90. The Morgan fingerprint density at radius 2 is 2.11 bits per heavy atom. The van der Waals surface area contributed by atoms with E-state index in [4.69, 9.17) is 5.73 Å². The highest BCUT2D eigenvalue weighted by Gasteiger charge is 1.94. The lowest BCUT2D eigenvalue weighted by Gasteiger charge is -2.02. The number of allylic oxidation sites excluding steroid dienone is 2. The molecule has 0 saturated carbocycles. The zero-order valence-electron chi connectivity index (χ0n) is 5.80. The molecule has 0 fully saturated rings. The molecule has 0 rings (SSSR count). The van der Waals surface area contributed by atoms with E-state index in [1.165, 1.54) is 0 Å². The molecule has 0 spiro atoms. The van der Waals surface area contributed by atoms with E-state index >= 15 is 0 Å². The van der Waals surface area contributed by atoms with Gasteiger partial charge in [-0.05, 0) is 12.5 Å². The maximum atomic E-state index is 5.55. The van der Waals surface area contributed by atoms with Crippen molar-refractivity contribution in [3.8, 4) is 0 Å². The molecule has 1 heteroatoms. The van der Waals surface area contributed by atoms with E-state index in [9.17, 15) is 0 Å². The second-order valence-electron chi connectivity index (χ2n) is 1.90. The van der Waals surface area contributed by atoms with Gasteiger partial charge in [0.25, 0.3) is 0 Å². The predicted molar refractivity (Wildman–Crippen MR) is 42.1 cm³/mol. The van der Waals surface area contributed by atoms with E-state index < -0.39 is 0 Å². The van der Waals surface area contributed by atoms with Crippen molar-refractivity contribution in [2.75, 3.05) is 0 Å². The van der Waals surface area contributed by atoms with Crippen LogP contribution in [0, 0.1) is 0 Å². The average Bonchev–Trinajstić information content (AvgIpc) is 1.82. The molecule has 9 heavy (non-hydrogen) atoms. The molecule has 50 valence electrons. The van der Waals surface area contributed by atoms with Gasteiger partial charge < -0.3 is 5.73 Å². The van der Waals surface area contributed by atoms with E-state index in [-0.39, 0.29) is 6.04 Å². The average molecular weight is 123 g/mol. The Morgan fingerprint density at radius 3 is 2.22 bits per heavy atom. The zero-order chi connectivity index (χ0) is 7.28. The lowest BCUT2D eigenvalue weighted by atomic mass is 10.1. The van der Waals surface area contributed by atoms with Gasteiger partial charge in [0, 0.05) is 6.04 Å². The highest BCUT2D eigenvalue weighted by molar-refractivity contribution is 5.25.